The number of hydrogen-bond acceptors (Lipinski definition) is 2. The fourth-order valence-electron chi connectivity index (χ4n) is 1.91. The van der Waals surface area contributed by atoms with E-state index in [1.165, 1.54) is 5.56 Å². The molecule has 1 aromatic rings. The van der Waals surface area contributed by atoms with Gasteiger partial charge in [-0.2, -0.15) is 0 Å². The summed E-state index contributed by atoms with van der Waals surface area (Å²) in [6.45, 7) is 6.30. The van der Waals surface area contributed by atoms with Gasteiger partial charge in [0.2, 0.25) is 0 Å². The normalized spacial score (nSPS) is 19.9. The molecule has 2 nitrogen and oxygen atoms in total. The van der Waals surface area contributed by atoms with E-state index in [4.69, 9.17) is 4.74 Å². The predicted molar refractivity (Wildman–Crippen MR) is 60.3 cm³/mol. The Balaban J connectivity index is 2.35. The van der Waals surface area contributed by atoms with Crippen LogP contribution in [0.4, 0.5) is 0 Å². The van der Waals surface area contributed by atoms with Crippen molar-refractivity contribution < 1.29 is 9.84 Å². The Morgan fingerprint density at radius 1 is 1.47 bits per heavy atom. The van der Waals surface area contributed by atoms with Gasteiger partial charge in [0.05, 0.1) is 6.61 Å². The maximum Gasteiger partial charge on any atom is 0.123 e. The third-order valence-electron chi connectivity index (χ3n) is 3.08. The van der Waals surface area contributed by atoms with E-state index in [1.54, 1.807) is 0 Å². The van der Waals surface area contributed by atoms with Crippen LogP contribution in [0.3, 0.4) is 0 Å². The van der Waals surface area contributed by atoms with E-state index < -0.39 is 0 Å². The third kappa shape index (κ3) is 1.86. The molecule has 1 heterocycles. The molecule has 0 radical (unpaired) electrons. The van der Waals surface area contributed by atoms with Gasteiger partial charge in [0.25, 0.3) is 0 Å². The quantitative estimate of drug-likeness (QED) is 0.804. The SMILES string of the molecule is CC1Cc2ccc(C(C)(C)CO)cc2O1. The van der Waals surface area contributed by atoms with Gasteiger partial charge >= 0.3 is 0 Å². The Kier molecular flexibility index (Phi) is 2.47. The first kappa shape index (κ1) is 10.5. The molecular formula is C13H18O2. The van der Waals surface area contributed by atoms with Gasteiger partial charge in [-0.15, -0.1) is 0 Å². The van der Waals surface area contributed by atoms with Crippen molar-refractivity contribution in [2.75, 3.05) is 6.61 Å². The molecule has 0 spiro atoms. The van der Waals surface area contributed by atoms with Gasteiger partial charge in [0, 0.05) is 11.8 Å². The Labute approximate surface area is 90.9 Å². The molecule has 2 rings (SSSR count). The number of ether oxygens (including phenoxy) is 1. The van der Waals surface area contributed by atoms with Crippen molar-refractivity contribution in [1.82, 2.24) is 0 Å². The molecule has 0 bridgehead atoms. The molecule has 0 saturated carbocycles. The van der Waals surface area contributed by atoms with Crippen LogP contribution in [-0.4, -0.2) is 17.8 Å². The lowest BCUT2D eigenvalue weighted by atomic mass is 9.85. The van der Waals surface area contributed by atoms with E-state index in [9.17, 15) is 5.11 Å². The Morgan fingerprint density at radius 3 is 2.87 bits per heavy atom. The minimum atomic E-state index is -0.190. The summed E-state index contributed by atoms with van der Waals surface area (Å²) in [6, 6.07) is 6.27. The van der Waals surface area contributed by atoms with Crippen molar-refractivity contribution in [3.8, 4) is 5.75 Å². The summed E-state index contributed by atoms with van der Waals surface area (Å²) in [4.78, 5) is 0. The summed E-state index contributed by atoms with van der Waals surface area (Å²) < 4.78 is 5.71. The van der Waals surface area contributed by atoms with E-state index in [0.717, 1.165) is 17.7 Å². The van der Waals surface area contributed by atoms with E-state index in [0.29, 0.717) is 0 Å². The van der Waals surface area contributed by atoms with E-state index >= 15 is 0 Å². The van der Waals surface area contributed by atoms with E-state index in [2.05, 4.69) is 25.1 Å². The van der Waals surface area contributed by atoms with Crippen LogP contribution >= 0.6 is 0 Å². The fourth-order valence-corrected chi connectivity index (χ4v) is 1.91. The molecule has 0 saturated heterocycles. The molecular weight excluding hydrogens is 188 g/mol. The summed E-state index contributed by atoms with van der Waals surface area (Å²) in [7, 11) is 0. The molecule has 1 aliphatic rings. The second-order valence-electron chi connectivity index (χ2n) is 5.00. The maximum absolute atomic E-state index is 9.31. The fraction of sp³-hybridized carbons (Fsp3) is 0.538. The molecule has 1 aromatic carbocycles. The smallest absolute Gasteiger partial charge is 0.123 e. The maximum atomic E-state index is 9.31. The predicted octanol–water partition coefficient (Wildman–Crippen LogP) is 2.28. The van der Waals surface area contributed by atoms with Crippen molar-refractivity contribution in [3.05, 3.63) is 29.3 Å². The summed E-state index contributed by atoms with van der Waals surface area (Å²) in [5, 5.41) is 9.31. The lowest BCUT2D eigenvalue weighted by molar-refractivity contribution is 0.217. The standard InChI is InChI=1S/C13H18O2/c1-9-6-10-4-5-11(7-12(10)15-9)13(2,3)8-14/h4-5,7,9,14H,6,8H2,1-3H3. The minimum absolute atomic E-state index is 0.154. The lowest BCUT2D eigenvalue weighted by Gasteiger charge is -2.22. The number of hydrogen-bond donors (Lipinski definition) is 1. The van der Waals surface area contributed by atoms with Gasteiger partial charge < -0.3 is 9.84 Å². The molecule has 1 N–H and O–H groups in total. The number of fused-ring (bicyclic) bond motifs is 1. The molecule has 1 atom stereocenters. The molecule has 0 aliphatic carbocycles. The molecule has 2 heteroatoms. The summed E-state index contributed by atoms with van der Waals surface area (Å²) in [6.07, 6.45) is 1.28. The van der Waals surface area contributed by atoms with Gasteiger partial charge in [-0.3, -0.25) is 0 Å². The monoisotopic (exact) mass is 206 g/mol. The Hall–Kier alpha value is -1.02. The number of rotatable bonds is 2. The third-order valence-corrected chi connectivity index (χ3v) is 3.08. The number of aliphatic hydroxyl groups is 1. The molecule has 1 aliphatic heterocycles. The average molecular weight is 206 g/mol. The molecule has 0 fully saturated rings. The second kappa shape index (κ2) is 3.53. The number of aliphatic hydroxyl groups excluding tert-OH is 1. The van der Waals surface area contributed by atoms with E-state index in [-0.39, 0.29) is 18.1 Å². The highest BCUT2D eigenvalue weighted by Gasteiger charge is 2.24. The van der Waals surface area contributed by atoms with Crippen molar-refractivity contribution >= 4 is 0 Å². The highest BCUT2D eigenvalue weighted by atomic mass is 16.5. The first-order valence-corrected chi connectivity index (χ1v) is 5.44. The van der Waals surface area contributed by atoms with Crippen LogP contribution in [0.25, 0.3) is 0 Å². The molecule has 0 amide bonds. The largest absolute Gasteiger partial charge is 0.490 e. The summed E-state index contributed by atoms with van der Waals surface area (Å²) in [5.41, 5.74) is 2.22. The van der Waals surface area contributed by atoms with Gasteiger partial charge in [-0.05, 0) is 24.1 Å². The van der Waals surface area contributed by atoms with Crippen LogP contribution in [0.1, 0.15) is 31.9 Å². The second-order valence-corrected chi connectivity index (χ2v) is 5.00. The van der Waals surface area contributed by atoms with Crippen molar-refractivity contribution in [1.29, 1.82) is 0 Å². The topological polar surface area (TPSA) is 29.5 Å². The molecule has 0 aromatic heterocycles. The van der Waals surface area contributed by atoms with Gasteiger partial charge in [-0.25, -0.2) is 0 Å². The van der Waals surface area contributed by atoms with Crippen molar-refractivity contribution in [2.24, 2.45) is 0 Å². The zero-order valence-corrected chi connectivity index (χ0v) is 9.58. The zero-order valence-electron chi connectivity index (χ0n) is 9.58. The first-order chi connectivity index (χ1) is 7.03. The van der Waals surface area contributed by atoms with Crippen LogP contribution in [0, 0.1) is 0 Å². The molecule has 1 unspecified atom stereocenters. The van der Waals surface area contributed by atoms with Crippen molar-refractivity contribution in [3.63, 3.8) is 0 Å². The molecule has 82 valence electrons. The zero-order chi connectivity index (χ0) is 11.1. The van der Waals surface area contributed by atoms with Gasteiger partial charge in [-0.1, -0.05) is 26.0 Å². The van der Waals surface area contributed by atoms with Crippen LogP contribution in [0.5, 0.6) is 5.75 Å². The Morgan fingerprint density at radius 2 is 2.20 bits per heavy atom. The van der Waals surface area contributed by atoms with Crippen LogP contribution < -0.4 is 4.74 Å². The highest BCUT2D eigenvalue weighted by molar-refractivity contribution is 5.43. The number of benzene rings is 1. The van der Waals surface area contributed by atoms with Crippen LogP contribution in [0.2, 0.25) is 0 Å². The van der Waals surface area contributed by atoms with Crippen molar-refractivity contribution in [2.45, 2.75) is 38.7 Å². The Bertz CT molecular complexity index is 369. The first-order valence-electron chi connectivity index (χ1n) is 5.44. The average Bonchev–Trinajstić information content (AvgIpc) is 2.56. The lowest BCUT2D eigenvalue weighted by Crippen LogP contribution is -2.21. The highest BCUT2D eigenvalue weighted by Crippen LogP contribution is 2.33. The van der Waals surface area contributed by atoms with E-state index in [1.807, 2.05) is 13.8 Å². The summed E-state index contributed by atoms with van der Waals surface area (Å²) >= 11 is 0. The van der Waals surface area contributed by atoms with Gasteiger partial charge in [0.1, 0.15) is 11.9 Å². The van der Waals surface area contributed by atoms with Gasteiger partial charge in [0.15, 0.2) is 0 Å². The minimum Gasteiger partial charge on any atom is -0.490 e. The molecule has 15 heavy (non-hydrogen) atoms. The van der Waals surface area contributed by atoms with Crippen LogP contribution in [-0.2, 0) is 11.8 Å². The van der Waals surface area contributed by atoms with Crippen LogP contribution in [0.15, 0.2) is 18.2 Å². The summed E-state index contributed by atoms with van der Waals surface area (Å²) in [5.74, 6) is 0.988.